The number of methoxy groups -OCH3 is 1. The third-order valence-electron chi connectivity index (χ3n) is 3.46. The maximum absolute atomic E-state index is 12.5. The minimum absolute atomic E-state index is 0. The van der Waals surface area contributed by atoms with Crippen LogP contribution in [-0.4, -0.2) is 66.6 Å². The lowest BCUT2D eigenvalue weighted by atomic mass is 10.2. The molecular formula is C14H25ClN4O3. The van der Waals surface area contributed by atoms with Crippen molar-refractivity contribution in [3.05, 3.63) is 18.0 Å². The first-order valence-electron chi connectivity index (χ1n) is 7.25. The maximum Gasteiger partial charge on any atom is 0.225 e. The average Bonchev–Trinajstić information content (AvgIpc) is 2.89. The van der Waals surface area contributed by atoms with Crippen molar-refractivity contribution in [2.24, 2.45) is 7.05 Å². The molecule has 0 spiro atoms. The summed E-state index contributed by atoms with van der Waals surface area (Å²) in [5.74, 6) is 0.0876. The molecule has 2 heterocycles. The molecule has 126 valence electrons. The van der Waals surface area contributed by atoms with Gasteiger partial charge in [0, 0.05) is 52.1 Å². The third kappa shape index (κ3) is 5.92. The van der Waals surface area contributed by atoms with E-state index in [-0.39, 0.29) is 24.4 Å². The Balaban J connectivity index is 0.00000242. The first-order chi connectivity index (χ1) is 10.2. The van der Waals surface area contributed by atoms with E-state index in [1.165, 1.54) is 0 Å². The molecule has 22 heavy (non-hydrogen) atoms. The quantitative estimate of drug-likeness (QED) is 0.772. The van der Waals surface area contributed by atoms with Crippen LogP contribution < -0.4 is 5.32 Å². The number of rotatable bonds is 7. The van der Waals surface area contributed by atoms with E-state index in [1.54, 1.807) is 22.9 Å². The summed E-state index contributed by atoms with van der Waals surface area (Å²) in [6.45, 7) is 3.90. The first-order valence-corrected chi connectivity index (χ1v) is 7.25. The van der Waals surface area contributed by atoms with Crippen molar-refractivity contribution in [2.75, 3.05) is 40.0 Å². The van der Waals surface area contributed by atoms with Crippen molar-refractivity contribution in [1.82, 2.24) is 20.0 Å². The topological polar surface area (TPSA) is 68.6 Å². The highest BCUT2D eigenvalue weighted by Crippen LogP contribution is 2.09. The number of nitrogens with zero attached hydrogens (tertiary/aromatic N) is 3. The van der Waals surface area contributed by atoms with Gasteiger partial charge in [-0.3, -0.25) is 9.48 Å². The Bertz CT molecular complexity index is 449. The van der Waals surface area contributed by atoms with Crippen molar-refractivity contribution in [3.8, 4) is 0 Å². The summed E-state index contributed by atoms with van der Waals surface area (Å²) in [6, 6.07) is 0. The van der Waals surface area contributed by atoms with E-state index in [2.05, 4.69) is 10.4 Å². The summed E-state index contributed by atoms with van der Waals surface area (Å²) in [7, 11) is 3.51. The molecule has 1 unspecified atom stereocenters. The number of nitrogens with one attached hydrogen (secondary N) is 1. The van der Waals surface area contributed by atoms with Crippen LogP contribution >= 0.6 is 12.4 Å². The lowest BCUT2D eigenvalue weighted by molar-refractivity contribution is -0.136. The van der Waals surface area contributed by atoms with E-state index >= 15 is 0 Å². The number of aromatic nitrogens is 2. The van der Waals surface area contributed by atoms with E-state index in [9.17, 15) is 4.79 Å². The molecule has 7 nitrogen and oxygen atoms in total. The molecule has 1 amide bonds. The van der Waals surface area contributed by atoms with Crippen molar-refractivity contribution in [3.63, 3.8) is 0 Å². The Labute approximate surface area is 137 Å². The highest BCUT2D eigenvalue weighted by molar-refractivity contribution is 5.85. The summed E-state index contributed by atoms with van der Waals surface area (Å²) in [5.41, 5.74) is 1.02. The summed E-state index contributed by atoms with van der Waals surface area (Å²) in [5, 5.41) is 7.38. The van der Waals surface area contributed by atoms with Crippen LogP contribution in [0.25, 0.3) is 0 Å². The van der Waals surface area contributed by atoms with Gasteiger partial charge in [-0.2, -0.15) is 5.10 Å². The number of carbonyl (C=O) groups is 1. The largest absolute Gasteiger partial charge is 0.383 e. The fourth-order valence-electron chi connectivity index (χ4n) is 2.34. The van der Waals surface area contributed by atoms with Gasteiger partial charge in [0.1, 0.15) is 0 Å². The minimum Gasteiger partial charge on any atom is -0.383 e. The zero-order valence-corrected chi connectivity index (χ0v) is 14.0. The van der Waals surface area contributed by atoms with Gasteiger partial charge in [-0.15, -0.1) is 12.4 Å². The van der Waals surface area contributed by atoms with Gasteiger partial charge in [-0.25, -0.2) is 0 Å². The number of carbonyl (C=O) groups excluding carboxylic acids is 1. The molecule has 0 bridgehead atoms. The predicted octanol–water partition coefficient (Wildman–Crippen LogP) is 0.195. The molecule has 0 aromatic carbocycles. The second-order valence-corrected chi connectivity index (χ2v) is 5.23. The van der Waals surface area contributed by atoms with Gasteiger partial charge in [0.05, 0.1) is 31.9 Å². The van der Waals surface area contributed by atoms with Gasteiger partial charge in [0.25, 0.3) is 0 Å². The molecule has 1 N–H and O–H groups in total. The van der Waals surface area contributed by atoms with Crippen LogP contribution in [0.3, 0.4) is 0 Å². The van der Waals surface area contributed by atoms with Gasteiger partial charge in [-0.05, 0) is 0 Å². The fourth-order valence-corrected chi connectivity index (χ4v) is 2.34. The molecule has 1 aromatic rings. The van der Waals surface area contributed by atoms with Crippen molar-refractivity contribution in [1.29, 1.82) is 0 Å². The lowest BCUT2D eigenvalue weighted by Crippen LogP contribution is -2.43. The Kier molecular flexibility index (Phi) is 8.40. The SMILES string of the molecule is COCCN(Cc1cnn(C)c1)C(=O)CC1CNCCO1.Cl. The monoisotopic (exact) mass is 332 g/mol. The highest BCUT2D eigenvalue weighted by atomic mass is 35.5. The lowest BCUT2D eigenvalue weighted by Gasteiger charge is -2.27. The van der Waals surface area contributed by atoms with Crippen LogP contribution in [0.15, 0.2) is 12.4 Å². The van der Waals surface area contributed by atoms with E-state index in [0.717, 1.165) is 18.7 Å². The number of aryl methyl sites for hydroxylation is 1. The summed E-state index contributed by atoms with van der Waals surface area (Å²) < 4.78 is 12.4. The van der Waals surface area contributed by atoms with Crippen molar-refractivity contribution in [2.45, 2.75) is 19.1 Å². The van der Waals surface area contributed by atoms with Crippen LogP contribution in [0.4, 0.5) is 0 Å². The molecule has 0 radical (unpaired) electrons. The van der Waals surface area contributed by atoms with Gasteiger partial charge >= 0.3 is 0 Å². The Hall–Kier alpha value is -1.15. The number of amides is 1. The number of halogens is 1. The fraction of sp³-hybridized carbons (Fsp3) is 0.714. The molecule has 1 atom stereocenters. The van der Waals surface area contributed by atoms with E-state index in [0.29, 0.717) is 32.7 Å². The van der Waals surface area contributed by atoms with E-state index in [4.69, 9.17) is 9.47 Å². The summed E-state index contributed by atoms with van der Waals surface area (Å²) in [6.07, 6.45) is 4.07. The second-order valence-electron chi connectivity index (χ2n) is 5.23. The molecule has 0 aliphatic carbocycles. The van der Waals surface area contributed by atoms with Crippen LogP contribution in [0.1, 0.15) is 12.0 Å². The molecule has 0 saturated carbocycles. The van der Waals surface area contributed by atoms with Gasteiger partial charge < -0.3 is 19.7 Å². The normalized spacial score (nSPS) is 17.8. The molecular weight excluding hydrogens is 308 g/mol. The molecule has 8 heteroatoms. The van der Waals surface area contributed by atoms with E-state index in [1.807, 2.05) is 13.2 Å². The predicted molar refractivity (Wildman–Crippen MR) is 85.0 cm³/mol. The highest BCUT2D eigenvalue weighted by Gasteiger charge is 2.21. The zero-order chi connectivity index (χ0) is 15.1. The second kappa shape index (κ2) is 9.78. The molecule has 1 aliphatic heterocycles. The van der Waals surface area contributed by atoms with Gasteiger partial charge in [-0.1, -0.05) is 0 Å². The summed E-state index contributed by atoms with van der Waals surface area (Å²) >= 11 is 0. The zero-order valence-electron chi connectivity index (χ0n) is 13.2. The molecule has 2 rings (SSSR count). The van der Waals surface area contributed by atoms with Gasteiger partial charge in [0.15, 0.2) is 0 Å². The molecule has 1 aromatic heterocycles. The number of ether oxygens (including phenoxy) is 2. The summed E-state index contributed by atoms with van der Waals surface area (Å²) in [4.78, 5) is 14.3. The molecule has 1 aliphatic rings. The molecule has 1 saturated heterocycles. The van der Waals surface area contributed by atoms with E-state index < -0.39 is 0 Å². The average molecular weight is 333 g/mol. The smallest absolute Gasteiger partial charge is 0.225 e. The van der Waals surface area contributed by atoms with Crippen molar-refractivity contribution < 1.29 is 14.3 Å². The standard InChI is InChI=1S/C14H24N4O3.ClH/c1-17-10-12(8-16-17)11-18(4-6-20-2)14(19)7-13-9-15-3-5-21-13;/h8,10,13,15H,3-7,9,11H2,1-2H3;1H. The number of hydrogen-bond donors (Lipinski definition) is 1. The minimum atomic E-state index is -0.0369. The van der Waals surface area contributed by atoms with Crippen LogP contribution in [-0.2, 0) is 27.9 Å². The first kappa shape index (κ1) is 18.9. The number of hydrogen-bond acceptors (Lipinski definition) is 5. The van der Waals surface area contributed by atoms with Crippen LogP contribution in [0, 0.1) is 0 Å². The maximum atomic E-state index is 12.5. The molecule has 1 fully saturated rings. The Morgan fingerprint density at radius 3 is 3.05 bits per heavy atom. The van der Waals surface area contributed by atoms with Crippen molar-refractivity contribution >= 4 is 18.3 Å². The van der Waals surface area contributed by atoms with Gasteiger partial charge in [0.2, 0.25) is 5.91 Å². The Morgan fingerprint density at radius 2 is 2.45 bits per heavy atom. The number of morpholine rings is 1. The third-order valence-corrected chi connectivity index (χ3v) is 3.46. The van der Waals surface area contributed by atoms with Crippen LogP contribution in [0.5, 0.6) is 0 Å². The Morgan fingerprint density at radius 1 is 1.64 bits per heavy atom. The van der Waals surface area contributed by atoms with Crippen LogP contribution in [0.2, 0.25) is 0 Å².